The Hall–Kier alpha value is -1.16. The summed E-state index contributed by atoms with van der Waals surface area (Å²) in [4.78, 5) is 11.5. The lowest BCUT2D eigenvalue weighted by Crippen LogP contribution is -2.06. The lowest BCUT2D eigenvalue weighted by molar-refractivity contribution is 0.0596. The van der Waals surface area contributed by atoms with Gasteiger partial charge in [0.25, 0.3) is 0 Å². The van der Waals surface area contributed by atoms with E-state index in [4.69, 9.17) is 9.47 Å². The minimum atomic E-state index is -0.360. The molecule has 0 fully saturated rings. The molecule has 3 nitrogen and oxygen atoms in total. The van der Waals surface area contributed by atoms with Gasteiger partial charge >= 0.3 is 5.97 Å². The van der Waals surface area contributed by atoms with Gasteiger partial charge in [-0.25, -0.2) is 4.79 Å². The molecule has 1 aromatic rings. The van der Waals surface area contributed by atoms with Crippen LogP contribution in [0, 0.1) is 0 Å². The first-order valence-corrected chi connectivity index (χ1v) is 6.84. The van der Waals surface area contributed by atoms with E-state index in [0.29, 0.717) is 17.9 Å². The van der Waals surface area contributed by atoms with Crippen molar-refractivity contribution in [3.8, 4) is 5.75 Å². The molecule has 1 rings (SSSR count). The SMILES string of the molecule is COC(=O)c1ccccc1OCCCCCCS. The first-order chi connectivity index (χ1) is 8.79. The number of thiol groups is 1. The van der Waals surface area contributed by atoms with E-state index in [2.05, 4.69) is 12.6 Å². The second-order valence-corrected chi connectivity index (χ2v) is 4.42. The Morgan fingerprint density at radius 3 is 2.61 bits per heavy atom. The van der Waals surface area contributed by atoms with Crippen molar-refractivity contribution in [3.05, 3.63) is 29.8 Å². The summed E-state index contributed by atoms with van der Waals surface area (Å²) in [5.41, 5.74) is 0.482. The Morgan fingerprint density at radius 2 is 1.89 bits per heavy atom. The third-order valence-corrected chi connectivity index (χ3v) is 2.92. The van der Waals surface area contributed by atoms with Crippen LogP contribution in [0.25, 0.3) is 0 Å². The maximum atomic E-state index is 11.5. The topological polar surface area (TPSA) is 35.5 Å². The highest BCUT2D eigenvalue weighted by Gasteiger charge is 2.11. The van der Waals surface area contributed by atoms with E-state index in [9.17, 15) is 4.79 Å². The number of carbonyl (C=O) groups excluding carboxylic acids is 1. The van der Waals surface area contributed by atoms with Crippen LogP contribution in [-0.4, -0.2) is 25.4 Å². The van der Waals surface area contributed by atoms with Gasteiger partial charge in [-0.15, -0.1) is 0 Å². The normalized spacial score (nSPS) is 10.1. The molecule has 0 saturated carbocycles. The van der Waals surface area contributed by atoms with E-state index in [1.54, 1.807) is 18.2 Å². The van der Waals surface area contributed by atoms with E-state index in [1.807, 2.05) is 6.07 Å². The minimum absolute atomic E-state index is 0.360. The van der Waals surface area contributed by atoms with Gasteiger partial charge in [0, 0.05) is 0 Å². The lowest BCUT2D eigenvalue weighted by atomic mass is 10.2. The summed E-state index contributed by atoms with van der Waals surface area (Å²) in [6.07, 6.45) is 4.43. The maximum absolute atomic E-state index is 11.5. The average molecular weight is 268 g/mol. The van der Waals surface area contributed by atoms with E-state index < -0.39 is 0 Å². The first-order valence-electron chi connectivity index (χ1n) is 6.20. The number of para-hydroxylation sites is 1. The van der Waals surface area contributed by atoms with Gasteiger partial charge in [-0.05, 0) is 30.7 Å². The molecule has 0 aliphatic carbocycles. The smallest absolute Gasteiger partial charge is 0.341 e. The summed E-state index contributed by atoms with van der Waals surface area (Å²) < 4.78 is 10.3. The van der Waals surface area contributed by atoms with Gasteiger partial charge in [-0.2, -0.15) is 12.6 Å². The number of hydrogen-bond donors (Lipinski definition) is 1. The molecule has 0 unspecified atom stereocenters. The molecule has 0 amide bonds. The van der Waals surface area contributed by atoms with Crippen LogP contribution in [0.3, 0.4) is 0 Å². The number of rotatable bonds is 8. The zero-order valence-corrected chi connectivity index (χ0v) is 11.6. The number of carbonyl (C=O) groups is 1. The standard InChI is InChI=1S/C14H20O3S/c1-16-14(15)12-8-4-5-9-13(12)17-10-6-2-3-7-11-18/h4-5,8-9,18H,2-3,6-7,10-11H2,1H3. The van der Waals surface area contributed by atoms with Crippen molar-refractivity contribution in [1.82, 2.24) is 0 Å². The van der Waals surface area contributed by atoms with Gasteiger partial charge in [-0.1, -0.05) is 25.0 Å². The first kappa shape index (κ1) is 14.9. The van der Waals surface area contributed by atoms with Gasteiger partial charge in [0.05, 0.1) is 13.7 Å². The molecule has 18 heavy (non-hydrogen) atoms. The summed E-state index contributed by atoms with van der Waals surface area (Å²) in [6.45, 7) is 0.626. The summed E-state index contributed by atoms with van der Waals surface area (Å²) in [7, 11) is 1.37. The fourth-order valence-corrected chi connectivity index (χ4v) is 1.84. The predicted molar refractivity (Wildman–Crippen MR) is 75.6 cm³/mol. The molecule has 0 aliphatic rings. The van der Waals surface area contributed by atoms with Gasteiger partial charge in [-0.3, -0.25) is 0 Å². The van der Waals surface area contributed by atoms with E-state index in [-0.39, 0.29) is 5.97 Å². The van der Waals surface area contributed by atoms with Crippen molar-refractivity contribution in [2.75, 3.05) is 19.5 Å². The van der Waals surface area contributed by atoms with E-state index >= 15 is 0 Å². The molecule has 100 valence electrons. The van der Waals surface area contributed by atoms with Gasteiger partial charge in [0.2, 0.25) is 0 Å². The van der Waals surface area contributed by atoms with Crippen LogP contribution in [0.5, 0.6) is 5.75 Å². The molecule has 0 aromatic heterocycles. The molecule has 0 spiro atoms. The Bertz CT molecular complexity index is 366. The summed E-state index contributed by atoms with van der Waals surface area (Å²) in [5, 5.41) is 0. The number of unbranched alkanes of at least 4 members (excludes halogenated alkanes) is 3. The highest BCUT2D eigenvalue weighted by atomic mass is 32.1. The Balaban J connectivity index is 2.39. The van der Waals surface area contributed by atoms with Crippen molar-refractivity contribution in [2.24, 2.45) is 0 Å². The molecule has 4 heteroatoms. The second-order valence-electron chi connectivity index (χ2n) is 3.97. The monoisotopic (exact) mass is 268 g/mol. The molecule has 0 atom stereocenters. The zero-order chi connectivity index (χ0) is 13.2. The van der Waals surface area contributed by atoms with Crippen LogP contribution < -0.4 is 4.74 Å². The van der Waals surface area contributed by atoms with Crippen molar-refractivity contribution in [2.45, 2.75) is 25.7 Å². The molecule has 0 saturated heterocycles. The number of hydrogen-bond acceptors (Lipinski definition) is 4. The number of ether oxygens (including phenoxy) is 2. The number of benzene rings is 1. The third kappa shape index (κ3) is 5.00. The highest BCUT2D eigenvalue weighted by molar-refractivity contribution is 7.80. The second kappa shape index (κ2) is 8.86. The molecular formula is C14H20O3S. The van der Waals surface area contributed by atoms with Crippen LogP contribution in [-0.2, 0) is 4.74 Å². The third-order valence-electron chi connectivity index (χ3n) is 2.60. The largest absolute Gasteiger partial charge is 0.493 e. The highest BCUT2D eigenvalue weighted by Crippen LogP contribution is 2.19. The fourth-order valence-electron chi connectivity index (χ4n) is 1.62. The van der Waals surface area contributed by atoms with Gasteiger partial charge in [0.15, 0.2) is 0 Å². The van der Waals surface area contributed by atoms with Crippen LogP contribution in [0.4, 0.5) is 0 Å². The number of methoxy groups -OCH3 is 1. The van der Waals surface area contributed by atoms with Crippen molar-refractivity contribution in [1.29, 1.82) is 0 Å². The van der Waals surface area contributed by atoms with Crippen LogP contribution in [0.1, 0.15) is 36.0 Å². The van der Waals surface area contributed by atoms with Crippen LogP contribution in [0.15, 0.2) is 24.3 Å². The molecule has 0 bridgehead atoms. The van der Waals surface area contributed by atoms with Gasteiger partial charge < -0.3 is 9.47 Å². The van der Waals surface area contributed by atoms with Gasteiger partial charge in [0.1, 0.15) is 11.3 Å². The number of esters is 1. The molecular weight excluding hydrogens is 248 g/mol. The van der Waals surface area contributed by atoms with Crippen molar-refractivity contribution in [3.63, 3.8) is 0 Å². The molecule has 1 aromatic carbocycles. The minimum Gasteiger partial charge on any atom is -0.493 e. The summed E-state index contributed by atoms with van der Waals surface area (Å²) >= 11 is 4.17. The van der Waals surface area contributed by atoms with Crippen molar-refractivity contribution < 1.29 is 14.3 Å². The Kier molecular flexibility index (Phi) is 7.34. The van der Waals surface area contributed by atoms with E-state index in [0.717, 1.165) is 25.0 Å². The van der Waals surface area contributed by atoms with Crippen LogP contribution >= 0.6 is 12.6 Å². The summed E-state index contributed by atoms with van der Waals surface area (Å²) in [6, 6.07) is 7.15. The van der Waals surface area contributed by atoms with Crippen molar-refractivity contribution >= 4 is 18.6 Å². The fraction of sp³-hybridized carbons (Fsp3) is 0.500. The maximum Gasteiger partial charge on any atom is 0.341 e. The van der Waals surface area contributed by atoms with E-state index in [1.165, 1.54) is 13.5 Å². The quantitative estimate of drug-likeness (QED) is 0.446. The lowest BCUT2D eigenvalue weighted by Gasteiger charge is -2.09. The van der Waals surface area contributed by atoms with Crippen LogP contribution in [0.2, 0.25) is 0 Å². The predicted octanol–water partition coefficient (Wildman–Crippen LogP) is 3.34. The molecule has 0 N–H and O–H groups in total. The average Bonchev–Trinajstić information content (AvgIpc) is 2.42. The molecule has 0 radical (unpaired) electrons. The zero-order valence-electron chi connectivity index (χ0n) is 10.7. The Labute approximate surface area is 114 Å². The molecule has 0 heterocycles. The summed E-state index contributed by atoms with van der Waals surface area (Å²) in [5.74, 6) is 1.17. The Morgan fingerprint density at radius 1 is 1.17 bits per heavy atom. The molecule has 0 aliphatic heterocycles.